The van der Waals surface area contributed by atoms with Crippen LogP contribution in [0.5, 0.6) is 0 Å². The molecule has 1 atom stereocenters. The van der Waals surface area contributed by atoms with Gasteiger partial charge in [0.15, 0.2) is 9.84 Å². The van der Waals surface area contributed by atoms with Gasteiger partial charge in [-0.2, -0.15) is 5.10 Å². The molecule has 1 saturated heterocycles. The largest absolute Gasteiger partial charge is 0.316 e. The summed E-state index contributed by atoms with van der Waals surface area (Å²) in [7, 11) is -2.91. The summed E-state index contributed by atoms with van der Waals surface area (Å²) in [6.07, 6.45) is 2.30. The molecule has 25 heavy (non-hydrogen) atoms. The maximum absolute atomic E-state index is 11.5. The van der Waals surface area contributed by atoms with Crippen molar-refractivity contribution in [2.45, 2.75) is 26.3 Å². The van der Waals surface area contributed by atoms with Crippen molar-refractivity contribution in [1.82, 2.24) is 9.99 Å². The minimum atomic E-state index is -2.91. The standard InChI is InChI=1S/C17H19Cl2N3O2S/c1-11-7-13(9-20-21-15-5-6-25(23,24)10-15)12(2)22(11)17-8-14(18)3-4-16(17)19/h3-4,7-9,15,21H,5-6,10H2,1-2H3. The van der Waals surface area contributed by atoms with Crippen LogP contribution in [0.25, 0.3) is 5.69 Å². The lowest BCUT2D eigenvalue weighted by Gasteiger charge is -2.12. The van der Waals surface area contributed by atoms with Crippen LogP contribution in [0, 0.1) is 13.8 Å². The highest BCUT2D eigenvalue weighted by Gasteiger charge is 2.27. The maximum atomic E-state index is 11.5. The fraction of sp³-hybridized carbons (Fsp3) is 0.353. The van der Waals surface area contributed by atoms with Crippen LogP contribution in [0.2, 0.25) is 10.0 Å². The van der Waals surface area contributed by atoms with Gasteiger partial charge in [0.05, 0.1) is 34.5 Å². The molecule has 0 bridgehead atoms. The molecule has 0 saturated carbocycles. The van der Waals surface area contributed by atoms with E-state index < -0.39 is 9.84 Å². The van der Waals surface area contributed by atoms with Crippen LogP contribution >= 0.6 is 23.2 Å². The van der Waals surface area contributed by atoms with Crippen molar-refractivity contribution in [1.29, 1.82) is 0 Å². The van der Waals surface area contributed by atoms with Crippen molar-refractivity contribution < 1.29 is 8.42 Å². The third kappa shape index (κ3) is 4.02. The smallest absolute Gasteiger partial charge is 0.152 e. The summed E-state index contributed by atoms with van der Waals surface area (Å²) in [5.41, 5.74) is 6.67. The minimum absolute atomic E-state index is 0.118. The molecule has 5 nitrogen and oxygen atoms in total. The number of hydrazone groups is 1. The molecular formula is C17H19Cl2N3O2S. The van der Waals surface area contributed by atoms with Gasteiger partial charge in [-0.05, 0) is 44.5 Å². The molecule has 1 N–H and O–H groups in total. The van der Waals surface area contributed by atoms with Gasteiger partial charge in [0.1, 0.15) is 0 Å². The zero-order valence-corrected chi connectivity index (χ0v) is 16.3. The molecule has 1 aromatic heterocycles. The van der Waals surface area contributed by atoms with Gasteiger partial charge in [-0.15, -0.1) is 0 Å². The second-order valence-electron chi connectivity index (χ2n) is 6.24. The molecule has 1 unspecified atom stereocenters. The Labute approximate surface area is 157 Å². The topological polar surface area (TPSA) is 63.5 Å². The SMILES string of the molecule is Cc1cc(C=NNC2CCS(=O)(=O)C2)c(C)n1-c1cc(Cl)ccc1Cl. The van der Waals surface area contributed by atoms with Crippen molar-refractivity contribution in [2.75, 3.05) is 11.5 Å². The Morgan fingerprint density at radius 2 is 2.04 bits per heavy atom. The summed E-state index contributed by atoms with van der Waals surface area (Å²) >= 11 is 12.4. The first-order valence-corrected chi connectivity index (χ1v) is 10.5. The van der Waals surface area contributed by atoms with Crippen LogP contribution in [-0.2, 0) is 9.84 Å². The van der Waals surface area contributed by atoms with Gasteiger partial charge in [0.2, 0.25) is 0 Å². The molecule has 1 fully saturated rings. The van der Waals surface area contributed by atoms with E-state index in [1.807, 2.05) is 30.5 Å². The molecule has 1 aliphatic heterocycles. The number of benzene rings is 1. The Kier molecular flexibility index (Phi) is 5.14. The van der Waals surface area contributed by atoms with Crippen molar-refractivity contribution >= 4 is 39.3 Å². The average molecular weight is 400 g/mol. The van der Waals surface area contributed by atoms with Crippen molar-refractivity contribution in [3.05, 3.63) is 51.3 Å². The molecule has 1 aromatic carbocycles. The Hall–Kier alpha value is -1.50. The molecule has 3 rings (SSSR count). The summed E-state index contributed by atoms with van der Waals surface area (Å²) < 4.78 is 25.0. The van der Waals surface area contributed by atoms with E-state index in [1.54, 1.807) is 18.3 Å². The molecular weight excluding hydrogens is 381 g/mol. The van der Waals surface area contributed by atoms with E-state index >= 15 is 0 Å². The molecule has 134 valence electrons. The van der Waals surface area contributed by atoms with Crippen LogP contribution in [-0.4, -0.2) is 36.7 Å². The Morgan fingerprint density at radius 3 is 2.72 bits per heavy atom. The lowest BCUT2D eigenvalue weighted by molar-refractivity contribution is 0.578. The lowest BCUT2D eigenvalue weighted by Crippen LogP contribution is -2.25. The molecule has 0 radical (unpaired) electrons. The summed E-state index contributed by atoms with van der Waals surface area (Å²) in [6, 6.07) is 7.24. The first-order chi connectivity index (χ1) is 11.8. The van der Waals surface area contributed by atoms with E-state index in [0.29, 0.717) is 16.5 Å². The fourth-order valence-corrected chi connectivity index (χ4v) is 5.09. The van der Waals surface area contributed by atoms with E-state index in [9.17, 15) is 8.42 Å². The number of aromatic nitrogens is 1. The predicted molar refractivity (Wildman–Crippen MR) is 103 cm³/mol. The zero-order chi connectivity index (χ0) is 18.2. The van der Waals surface area contributed by atoms with Crippen LogP contribution in [0.15, 0.2) is 29.4 Å². The third-order valence-corrected chi connectivity index (χ3v) is 6.64. The number of sulfone groups is 1. The van der Waals surface area contributed by atoms with Crippen molar-refractivity contribution in [2.24, 2.45) is 5.10 Å². The minimum Gasteiger partial charge on any atom is -0.316 e. The maximum Gasteiger partial charge on any atom is 0.152 e. The van der Waals surface area contributed by atoms with Gasteiger partial charge in [0, 0.05) is 22.0 Å². The molecule has 2 aromatic rings. The summed E-state index contributed by atoms with van der Waals surface area (Å²) in [5, 5.41) is 5.46. The van der Waals surface area contributed by atoms with E-state index in [1.165, 1.54) is 0 Å². The van der Waals surface area contributed by atoms with E-state index in [4.69, 9.17) is 23.2 Å². The van der Waals surface area contributed by atoms with E-state index in [2.05, 4.69) is 10.5 Å². The molecule has 1 aliphatic rings. The Balaban J connectivity index is 1.83. The van der Waals surface area contributed by atoms with Crippen LogP contribution in [0.1, 0.15) is 23.4 Å². The highest BCUT2D eigenvalue weighted by Crippen LogP contribution is 2.28. The van der Waals surface area contributed by atoms with E-state index in [0.717, 1.165) is 22.6 Å². The number of aryl methyl sites for hydroxylation is 1. The predicted octanol–water partition coefficient (Wildman–Crippen LogP) is 3.51. The van der Waals surface area contributed by atoms with Gasteiger partial charge < -0.3 is 9.99 Å². The van der Waals surface area contributed by atoms with E-state index in [-0.39, 0.29) is 17.5 Å². The number of nitrogens with zero attached hydrogens (tertiary/aromatic N) is 2. The number of hydrogen-bond donors (Lipinski definition) is 1. The van der Waals surface area contributed by atoms with Crippen LogP contribution in [0.3, 0.4) is 0 Å². The highest BCUT2D eigenvalue weighted by atomic mass is 35.5. The number of hydrogen-bond acceptors (Lipinski definition) is 4. The zero-order valence-electron chi connectivity index (χ0n) is 14.0. The van der Waals surface area contributed by atoms with Crippen molar-refractivity contribution in [3.8, 4) is 5.69 Å². The second-order valence-corrected chi connectivity index (χ2v) is 9.32. The molecule has 8 heteroatoms. The van der Waals surface area contributed by atoms with Gasteiger partial charge >= 0.3 is 0 Å². The Bertz CT molecular complexity index is 936. The van der Waals surface area contributed by atoms with Crippen molar-refractivity contribution in [3.63, 3.8) is 0 Å². The lowest BCUT2D eigenvalue weighted by atomic mass is 10.2. The second kappa shape index (κ2) is 7.02. The van der Waals surface area contributed by atoms with Gasteiger partial charge in [-0.3, -0.25) is 0 Å². The quantitative estimate of drug-likeness (QED) is 0.631. The fourth-order valence-electron chi connectivity index (χ4n) is 3.06. The summed E-state index contributed by atoms with van der Waals surface area (Å²) in [4.78, 5) is 0. The van der Waals surface area contributed by atoms with Crippen LogP contribution in [0.4, 0.5) is 0 Å². The van der Waals surface area contributed by atoms with Gasteiger partial charge in [-0.1, -0.05) is 23.2 Å². The number of halogens is 2. The molecule has 0 spiro atoms. The molecule has 2 heterocycles. The number of nitrogens with one attached hydrogen (secondary N) is 1. The van der Waals surface area contributed by atoms with Gasteiger partial charge in [-0.25, -0.2) is 8.42 Å². The van der Waals surface area contributed by atoms with Gasteiger partial charge in [0.25, 0.3) is 0 Å². The third-order valence-electron chi connectivity index (χ3n) is 4.31. The normalized spacial score (nSPS) is 19.6. The highest BCUT2D eigenvalue weighted by molar-refractivity contribution is 7.91. The number of rotatable bonds is 4. The average Bonchev–Trinajstić information content (AvgIpc) is 3.02. The Morgan fingerprint density at radius 1 is 1.28 bits per heavy atom. The first-order valence-electron chi connectivity index (χ1n) is 7.90. The monoisotopic (exact) mass is 399 g/mol. The first kappa shape index (κ1) is 18.3. The molecule has 0 aliphatic carbocycles. The summed E-state index contributed by atoms with van der Waals surface area (Å²) in [5.74, 6) is 0.365. The molecule has 0 amide bonds. The summed E-state index contributed by atoms with van der Waals surface area (Å²) in [6.45, 7) is 3.96. The van der Waals surface area contributed by atoms with Crippen LogP contribution < -0.4 is 5.43 Å².